The monoisotopic (exact) mass is 319 g/mol. The summed E-state index contributed by atoms with van der Waals surface area (Å²) in [6.45, 7) is 5.42. The Balaban J connectivity index is 1.63. The predicted molar refractivity (Wildman–Crippen MR) is 87.1 cm³/mol. The summed E-state index contributed by atoms with van der Waals surface area (Å²) in [6.07, 6.45) is 6.15. The fourth-order valence-electron chi connectivity index (χ4n) is 3.34. The molecule has 1 aromatic rings. The number of carbonyl (C=O) groups is 1. The number of rotatable bonds is 4. The number of amides is 1. The molecule has 0 bridgehead atoms. The van der Waals surface area contributed by atoms with Gasteiger partial charge in [-0.1, -0.05) is 0 Å². The summed E-state index contributed by atoms with van der Waals surface area (Å²) in [5.41, 5.74) is 1.67. The first kappa shape index (κ1) is 16.0. The first-order valence-electron chi connectivity index (χ1n) is 8.33. The molecule has 0 spiro atoms. The number of hydrogen-bond acceptors (Lipinski definition) is 5. The van der Waals surface area contributed by atoms with Crippen molar-refractivity contribution in [2.45, 2.75) is 51.7 Å². The fourth-order valence-corrected chi connectivity index (χ4v) is 3.34. The molecule has 0 unspecified atom stereocenters. The quantitative estimate of drug-likeness (QED) is 0.913. The van der Waals surface area contributed by atoms with Crippen molar-refractivity contribution in [1.29, 1.82) is 0 Å². The SMILES string of the molecule is CC1=C(C(=O)NCC[C@@H]2CCCCO2)[C@H](C)n2ncnc2N1C. The number of aromatic nitrogens is 3. The van der Waals surface area contributed by atoms with Gasteiger partial charge < -0.3 is 15.0 Å². The normalized spacial score (nSPS) is 24.6. The lowest BCUT2D eigenvalue weighted by Gasteiger charge is -2.31. The van der Waals surface area contributed by atoms with Crippen LogP contribution in [0.5, 0.6) is 0 Å². The molecule has 7 heteroatoms. The molecule has 3 rings (SSSR count). The van der Waals surface area contributed by atoms with Crippen molar-refractivity contribution in [2.24, 2.45) is 0 Å². The minimum absolute atomic E-state index is 0.0289. The van der Waals surface area contributed by atoms with Crippen molar-refractivity contribution in [1.82, 2.24) is 20.1 Å². The van der Waals surface area contributed by atoms with Gasteiger partial charge >= 0.3 is 0 Å². The molecule has 126 valence electrons. The third-order valence-electron chi connectivity index (χ3n) is 4.80. The van der Waals surface area contributed by atoms with Crippen LogP contribution >= 0.6 is 0 Å². The summed E-state index contributed by atoms with van der Waals surface area (Å²) in [5, 5.41) is 7.28. The highest BCUT2D eigenvalue weighted by Crippen LogP contribution is 2.32. The van der Waals surface area contributed by atoms with E-state index in [9.17, 15) is 4.79 Å². The van der Waals surface area contributed by atoms with E-state index >= 15 is 0 Å². The molecule has 2 aliphatic rings. The zero-order valence-corrected chi connectivity index (χ0v) is 14.1. The van der Waals surface area contributed by atoms with Crippen LogP contribution in [0, 0.1) is 0 Å². The van der Waals surface area contributed by atoms with E-state index < -0.39 is 0 Å². The van der Waals surface area contributed by atoms with Gasteiger partial charge in [0.15, 0.2) is 0 Å². The Morgan fingerprint density at radius 1 is 1.48 bits per heavy atom. The predicted octanol–water partition coefficient (Wildman–Crippen LogP) is 1.64. The van der Waals surface area contributed by atoms with E-state index in [0.717, 1.165) is 43.1 Å². The van der Waals surface area contributed by atoms with Gasteiger partial charge in [0.25, 0.3) is 5.91 Å². The Morgan fingerprint density at radius 3 is 3.04 bits per heavy atom. The molecule has 0 saturated carbocycles. The van der Waals surface area contributed by atoms with Gasteiger partial charge in [0.1, 0.15) is 6.33 Å². The van der Waals surface area contributed by atoms with Crippen molar-refractivity contribution in [3.05, 3.63) is 17.6 Å². The zero-order chi connectivity index (χ0) is 16.4. The van der Waals surface area contributed by atoms with Crippen LogP contribution in [-0.4, -0.2) is 47.0 Å². The maximum Gasteiger partial charge on any atom is 0.251 e. The smallest absolute Gasteiger partial charge is 0.251 e. The van der Waals surface area contributed by atoms with Gasteiger partial charge in [0.2, 0.25) is 5.95 Å². The summed E-state index contributed by atoms with van der Waals surface area (Å²) in [6, 6.07) is -0.116. The van der Waals surface area contributed by atoms with Crippen molar-refractivity contribution in [3.63, 3.8) is 0 Å². The second-order valence-electron chi connectivity index (χ2n) is 6.27. The largest absolute Gasteiger partial charge is 0.378 e. The number of carbonyl (C=O) groups excluding carboxylic acids is 1. The van der Waals surface area contributed by atoms with Crippen LogP contribution in [0.1, 0.15) is 45.6 Å². The van der Waals surface area contributed by atoms with Gasteiger partial charge in [-0.3, -0.25) is 4.79 Å². The number of nitrogens with one attached hydrogen (secondary N) is 1. The summed E-state index contributed by atoms with van der Waals surface area (Å²) in [7, 11) is 1.91. The maximum atomic E-state index is 12.6. The van der Waals surface area contributed by atoms with Gasteiger partial charge in [-0.15, -0.1) is 0 Å². The standard InChI is InChI=1S/C16H25N5O2/c1-11-14(12(2)21-16(20(11)3)18-10-19-21)15(22)17-8-7-13-6-4-5-9-23-13/h10,12-13H,4-9H2,1-3H3,(H,17,22)/t12-,13-/m0/s1. The Labute approximate surface area is 136 Å². The zero-order valence-electron chi connectivity index (χ0n) is 14.1. The van der Waals surface area contributed by atoms with Crippen LogP contribution < -0.4 is 10.2 Å². The van der Waals surface area contributed by atoms with Crippen molar-refractivity contribution in [2.75, 3.05) is 25.1 Å². The maximum absolute atomic E-state index is 12.6. The first-order chi connectivity index (χ1) is 11.1. The fraction of sp³-hybridized carbons (Fsp3) is 0.688. The number of anilines is 1. The molecular weight excluding hydrogens is 294 g/mol. The van der Waals surface area contributed by atoms with E-state index in [4.69, 9.17) is 4.74 Å². The highest BCUT2D eigenvalue weighted by Gasteiger charge is 2.31. The molecule has 1 aromatic heterocycles. The molecule has 0 aliphatic carbocycles. The summed E-state index contributed by atoms with van der Waals surface area (Å²) >= 11 is 0. The second kappa shape index (κ2) is 6.70. The van der Waals surface area contributed by atoms with E-state index in [1.165, 1.54) is 12.7 Å². The van der Waals surface area contributed by atoms with Gasteiger partial charge in [-0.25, -0.2) is 4.68 Å². The van der Waals surface area contributed by atoms with Gasteiger partial charge in [-0.05, 0) is 39.5 Å². The molecule has 0 aromatic carbocycles. The van der Waals surface area contributed by atoms with Crippen molar-refractivity contribution >= 4 is 11.9 Å². The first-order valence-corrected chi connectivity index (χ1v) is 8.33. The Hall–Kier alpha value is -1.89. The third-order valence-corrected chi connectivity index (χ3v) is 4.80. The molecule has 1 fully saturated rings. The molecule has 0 radical (unpaired) electrons. The minimum Gasteiger partial charge on any atom is -0.378 e. The van der Waals surface area contributed by atoms with Crippen LogP contribution in [0.25, 0.3) is 0 Å². The average Bonchev–Trinajstić information content (AvgIpc) is 3.04. The molecule has 23 heavy (non-hydrogen) atoms. The number of fused-ring (bicyclic) bond motifs is 1. The van der Waals surface area contributed by atoms with Crippen LogP contribution in [0.15, 0.2) is 17.6 Å². The van der Waals surface area contributed by atoms with Crippen LogP contribution in [0.2, 0.25) is 0 Å². The summed E-state index contributed by atoms with van der Waals surface area (Å²) in [5.74, 6) is 0.737. The topological polar surface area (TPSA) is 72.3 Å². The highest BCUT2D eigenvalue weighted by atomic mass is 16.5. The Morgan fingerprint density at radius 2 is 2.30 bits per heavy atom. The minimum atomic E-state index is -0.116. The lowest BCUT2D eigenvalue weighted by molar-refractivity contribution is -0.118. The van der Waals surface area contributed by atoms with Crippen LogP contribution in [0.4, 0.5) is 5.95 Å². The Bertz CT molecular complexity index is 603. The molecule has 7 nitrogen and oxygen atoms in total. The number of allylic oxidation sites excluding steroid dienone is 1. The molecular formula is C16H25N5O2. The number of ether oxygens (including phenoxy) is 1. The molecule has 1 amide bonds. The second-order valence-corrected chi connectivity index (χ2v) is 6.27. The summed E-state index contributed by atoms with van der Waals surface area (Å²) < 4.78 is 7.49. The van der Waals surface area contributed by atoms with E-state index in [1.54, 1.807) is 4.68 Å². The molecule has 2 aliphatic heterocycles. The highest BCUT2D eigenvalue weighted by molar-refractivity contribution is 5.96. The van der Waals surface area contributed by atoms with Crippen LogP contribution in [-0.2, 0) is 9.53 Å². The van der Waals surface area contributed by atoms with E-state index in [2.05, 4.69) is 15.4 Å². The van der Waals surface area contributed by atoms with Gasteiger partial charge in [0.05, 0.1) is 17.7 Å². The lowest BCUT2D eigenvalue weighted by atomic mass is 10.0. The van der Waals surface area contributed by atoms with Crippen molar-refractivity contribution < 1.29 is 9.53 Å². The van der Waals surface area contributed by atoms with E-state index in [0.29, 0.717) is 6.54 Å². The van der Waals surface area contributed by atoms with Crippen LogP contribution in [0.3, 0.4) is 0 Å². The van der Waals surface area contributed by atoms with Gasteiger partial charge in [0, 0.05) is 25.9 Å². The molecule has 1 N–H and O–H groups in total. The molecule has 1 saturated heterocycles. The van der Waals surface area contributed by atoms with E-state index in [1.807, 2.05) is 25.8 Å². The summed E-state index contributed by atoms with van der Waals surface area (Å²) in [4.78, 5) is 18.8. The van der Waals surface area contributed by atoms with Gasteiger partial charge in [-0.2, -0.15) is 10.1 Å². The molecule has 3 heterocycles. The Kier molecular flexibility index (Phi) is 4.66. The third kappa shape index (κ3) is 3.10. The van der Waals surface area contributed by atoms with Crippen molar-refractivity contribution in [3.8, 4) is 0 Å². The average molecular weight is 319 g/mol. The van der Waals surface area contributed by atoms with E-state index in [-0.39, 0.29) is 18.1 Å². The molecule has 2 atom stereocenters. The lowest BCUT2D eigenvalue weighted by Crippen LogP contribution is -2.38. The number of hydrogen-bond donors (Lipinski definition) is 1. The number of nitrogens with zero attached hydrogens (tertiary/aromatic N) is 4.